The van der Waals surface area contributed by atoms with Crippen molar-refractivity contribution in [2.24, 2.45) is 17.3 Å². The second-order valence-electron chi connectivity index (χ2n) is 9.91. The monoisotopic (exact) mass is 482 g/mol. The third kappa shape index (κ3) is 4.17. The van der Waals surface area contributed by atoms with E-state index in [1.165, 1.54) is 20.8 Å². The molecular weight excluding hydrogens is 448 g/mol. The maximum atomic E-state index is 12.5. The quantitative estimate of drug-likeness (QED) is 0.178. The number of rotatable bonds is 3. The lowest BCUT2D eigenvalue weighted by molar-refractivity contribution is -0.294. The van der Waals surface area contributed by atoms with Crippen LogP contribution in [0.3, 0.4) is 0 Å². The number of hydrogen-bond acceptors (Lipinski definition) is 10. The zero-order valence-corrected chi connectivity index (χ0v) is 20.1. The number of carbonyl (C=O) groups is 3. The van der Waals surface area contributed by atoms with Gasteiger partial charge in [0.2, 0.25) is 0 Å². The summed E-state index contributed by atoms with van der Waals surface area (Å²) in [5, 5.41) is 33.2. The van der Waals surface area contributed by atoms with E-state index in [1.54, 1.807) is 19.9 Å². The summed E-state index contributed by atoms with van der Waals surface area (Å²) < 4.78 is 16.8. The highest BCUT2D eigenvalue weighted by Crippen LogP contribution is 2.55. The average molecular weight is 483 g/mol. The number of fused-ring (bicyclic) bond motifs is 2. The molecule has 0 amide bonds. The lowest BCUT2D eigenvalue weighted by Crippen LogP contribution is -2.66. The van der Waals surface area contributed by atoms with E-state index in [0.29, 0.717) is 12.8 Å². The SMILES string of the molecule is C=C1C(OO)CC(OC(C)=O)C2(C)C(OC(C)=O)CCC(C)=CC3OC(=O)C(C)C3(O)C(O)C12. The van der Waals surface area contributed by atoms with Gasteiger partial charge in [-0.1, -0.05) is 19.1 Å². The highest BCUT2D eigenvalue weighted by atomic mass is 17.1. The first-order valence-electron chi connectivity index (χ1n) is 11.4. The molecular formula is C24H34O10. The molecule has 1 heterocycles. The van der Waals surface area contributed by atoms with Crippen molar-refractivity contribution < 1.29 is 49.0 Å². The van der Waals surface area contributed by atoms with Gasteiger partial charge < -0.3 is 24.4 Å². The third-order valence-electron chi connectivity index (χ3n) is 7.81. The van der Waals surface area contributed by atoms with Gasteiger partial charge in [-0.15, -0.1) is 0 Å². The van der Waals surface area contributed by atoms with Crippen molar-refractivity contribution in [1.82, 2.24) is 0 Å². The number of esters is 3. The normalized spacial score (nSPS) is 42.6. The van der Waals surface area contributed by atoms with Crippen LogP contribution in [-0.2, 0) is 33.5 Å². The largest absolute Gasteiger partial charge is 0.462 e. The summed E-state index contributed by atoms with van der Waals surface area (Å²) in [7, 11) is 0. The van der Waals surface area contributed by atoms with Crippen molar-refractivity contribution in [2.75, 3.05) is 0 Å². The van der Waals surface area contributed by atoms with Gasteiger partial charge in [-0.05, 0) is 38.3 Å². The molecule has 0 bridgehead atoms. The zero-order chi connectivity index (χ0) is 25.6. The molecule has 0 radical (unpaired) electrons. The van der Waals surface area contributed by atoms with Crippen LogP contribution in [0.25, 0.3) is 0 Å². The van der Waals surface area contributed by atoms with Gasteiger partial charge in [0.1, 0.15) is 23.9 Å². The van der Waals surface area contributed by atoms with E-state index >= 15 is 0 Å². The summed E-state index contributed by atoms with van der Waals surface area (Å²) in [5.41, 5.74) is -2.42. The van der Waals surface area contributed by atoms with Gasteiger partial charge in [0, 0.05) is 26.2 Å². The Kier molecular flexibility index (Phi) is 7.29. The second kappa shape index (κ2) is 9.41. The molecule has 2 fully saturated rings. The van der Waals surface area contributed by atoms with E-state index in [4.69, 9.17) is 14.2 Å². The molecule has 3 rings (SSSR count). The van der Waals surface area contributed by atoms with E-state index in [9.17, 15) is 29.9 Å². The van der Waals surface area contributed by atoms with E-state index in [0.717, 1.165) is 5.57 Å². The zero-order valence-electron chi connectivity index (χ0n) is 20.1. The molecule has 2 aliphatic carbocycles. The topological polar surface area (TPSA) is 149 Å². The standard InChI is InChI=1S/C24H34O10/c1-11-7-8-17(31-14(4)25)23(6)18(32-15(5)26)10-16(34-30)12(2)20(23)21(27)24(29)13(3)22(28)33-19(24)9-11/h9,13,16-21,27,29-30H,2,7-8,10H2,1,3-6H3. The van der Waals surface area contributed by atoms with Crippen molar-refractivity contribution in [2.45, 2.75) is 90.0 Å². The van der Waals surface area contributed by atoms with Crippen molar-refractivity contribution in [3.8, 4) is 0 Å². The van der Waals surface area contributed by atoms with Crippen LogP contribution in [0.1, 0.15) is 53.9 Å². The predicted octanol–water partition coefficient (Wildman–Crippen LogP) is 1.68. The molecule has 9 unspecified atom stereocenters. The molecule has 0 aromatic heterocycles. The smallest absolute Gasteiger partial charge is 0.312 e. The number of carbonyl (C=O) groups excluding carboxylic acids is 3. The Morgan fingerprint density at radius 2 is 1.79 bits per heavy atom. The van der Waals surface area contributed by atoms with Crippen LogP contribution in [-0.4, -0.2) is 69.5 Å². The summed E-state index contributed by atoms with van der Waals surface area (Å²) in [4.78, 5) is 41.3. The van der Waals surface area contributed by atoms with Gasteiger partial charge in [-0.2, -0.15) is 0 Å². The molecule has 10 nitrogen and oxygen atoms in total. The Bertz CT molecular complexity index is 896. The van der Waals surface area contributed by atoms with Gasteiger partial charge in [-0.25, -0.2) is 4.89 Å². The van der Waals surface area contributed by atoms with Crippen LogP contribution in [0.15, 0.2) is 23.8 Å². The minimum atomic E-state index is -2.08. The molecule has 34 heavy (non-hydrogen) atoms. The molecule has 3 N–H and O–H groups in total. The van der Waals surface area contributed by atoms with Crippen LogP contribution in [0.4, 0.5) is 0 Å². The van der Waals surface area contributed by atoms with Gasteiger partial charge in [-0.3, -0.25) is 19.6 Å². The molecule has 0 aromatic carbocycles. The van der Waals surface area contributed by atoms with Gasteiger partial charge in [0.15, 0.2) is 6.10 Å². The maximum Gasteiger partial charge on any atom is 0.312 e. The highest BCUT2D eigenvalue weighted by molar-refractivity contribution is 5.77. The van der Waals surface area contributed by atoms with Crippen LogP contribution < -0.4 is 0 Å². The molecule has 190 valence electrons. The van der Waals surface area contributed by atoms with Crippen LogP contribution >= 0.6 is 0 Å². The summed E-state index contributed by atoms with van der Waals surface area (Å²) in [6, 6.07) is 0. The predicted molar refractivity (Wildman–Crippen MR) is 117 cm³/mol. The third-order valence-corrected chi connectivity index (χ3v) is 7.81. The Labute approximate surface area is 198 Å². The van der Waals surface area contributed by atoms with E-state index in [-0.39, 0.29) is 12.0 Å². The number of ether oxygens (including phenoxy) is 3. The highest BCUT2D eigenvalue weighted by Gasteiger charge is 2.67. The molecule has 0 spiro atoms. The fourth-order valence-corrected chi connectivity index (χ4v) is 5.85. The summed E-state index contributed by atoms with van der Waals surface area (Å²) >= 11 is 0. The molecule has 10 heteroatoms. The molecule has 3 aliphatic rings. The fourth-order valence-electron chi connectivity index (χ4n) is 5.85. The van der Waals surface area contributed by atoms with Crippen molar-refractivity contribution in [1.29, 1.82) is 0 Å². The molecule has 1 aliphatic heterocycles. The Morgan fingerprint density at radius 3 is 2.35 bits per heavy atom. The van der Waals surface area contributed by atoms with Crippen LogP contribution in [0, 0.1) is 17.3 Å². The molecule has 1 saturated heterocycles. The Balaban J connectivity index is 2.28. The van der Waals surface area contributed by atoms with Crippen molar-refractivity contribution in [3.05, 3.63) is 23.8 Å². The van der Waals surface area contributed by atoms with Gasteiger partial charge in [0.05, 0.1) is 17.4 Å². The second-order valence-corrected chi connectivity index (χ2v) is 9.91. The summed E-state index contributed by atoms with van der Waals surface area (Å²) in [6.07, 6.45) is -3.47. The van der Waals surface area contributed by atoms with E-state index < -0.39 is 71.3 Å². The lowest BCUT2D eigenvalue weighted by Gasteiger charge is -2.56. The number of allylic oxidation sites excluding steroid dienone is 1. The maximum absolute atomic E-state index is 12.5. The van der Waals surface area contributed by atoms with E-state index in [2.05, 4.69) is 11.5 Å². The number of aliphatic hydroxyl groups excluding tert-OH is 1. The number of aliphatic hydroxyl groups is 2. The first kappa shape index (κ1) is 26.3. The average Bonchev–Trinajstić information content (AvgIpc) is 2.96. The van der Waals surface area contributed by atoms with Crippen molar-refractivity contribution >= 4 is 17.9 Å². The Hall–Kier alpha value is -2.27. The molecule has 9 atom stereocenters. The minimum Gasteiger partial charge on any atom is -0.462 e. The summed E-state index contributed by atoms with van der Waals surface area (Å²) in [6.45, 7) is 11.4. The summed E-state index contributed by atoms with van der Waals surface area (Å²) in [5.74, 6) is -4.11. The van der Waals surface area contributed by atoms with E-state index in [1.807, 2.05) is 0 Å². The van der Waals surface area contributed by atoms with Crippen molar-refractivity contribution in [3.63, 3.8) is 0 Å². The van der Waals surface area contributed by atoms with Crippen LogP contribution in [0.2, 0.25) is 0 Å². The minimum absolute atomic E-state index is 0.0198. The Morgan fingerprint density at radius 1 is 1.21 bits per heavy atom. The van der Waals surface area contributed by atoms with Crippen LogP contribution in [0.5, 0.6) is 0 Å². The first-order chi connectivity index (χ1) is 15.8. The molecule has 1 saturated carbocycles. The van der Waals surface area contributed by atoms with Gasteiger partial charge in [0.25, 0.3) is 0 Å². The van der Waals surface area contributed by atoms with Gasteiger partial charge >= 0.3 is 17.9 Å². The lowest BCUT2D eigenvalue weighted by atomic mass is 9.54. The first-order valence-corrected chi connectivity index (χ1v) is 11.4. The molecule has 0 aromatic rings. The number of hydrogen-bond donors (Lipinski definition) is 3. The fraction of sp³-hybridized carbons (Fsp3) is 0.708.